The standard InChI is InChI=1S/C13H19N3S2/c1-9-4-12(10(2)18-9)13(5-14)16(3)6-11-7-17-8-15-11/h4,7-8,13H,5-6,14H2,1-3H3. The molecule has 0 radical (unpaired) electrons. The number of thiophene rings is 1. The Labute approximate surface area is 116 Å². The number of aromatic nitrogens is 1. The molecule has 0 saturated heterocycles. The molecule has 2 N–H and O–H groups in total. The minimum absolute atomic E-state index is 0.275. The highest BCUT2D eigenvalue weighted by atomic mass is 32.1. The second-order valence-electron chi connectivity index (χ2n) is 4.51. The molecule has 0 aliphatic carbocycles. The van der Waals surface area contributed by atoms with Crippen molar-refractivity contribution in [2.75, 3.05) is 13.6 Å². The van der Waals surface area contributed by atoms with Gasteiger partial charge in [-0.15, -0.1) is 22.7 Å². The number of hydrogen-bond acceptors (Lipinski definition) is 5. The second-order valence-corrected chi connectivity index (χ2v) is 6.69. The summed E-state index contributed by atoms with van der Waals surface area (Å²) in [5.41, 5.74) is 10.3. The van der Waals surface area contributed by atoms with Crippen LogP contribution in [0.1, 0.15) is 27.1 Å². The van der Waals surface area contributed by atoms with Crippen molar-refractivity contribution in [1.82, 2.24) is 9.88 Å². The predicted octanol–water partition coefficient (Wildman–Crippen LogP) is 2.95. The Bertz CT molecular complexity index is 490. The van der Waals surface area contributed by atoms with Crippen LogP contribution in [0.25, 0.3) is 0 Å². The van der Waals surface area contributed by atoms with E-state index in [1.54, 1.807) is 11.3 Å². The van der Waals surface area contributed by atoms with Gasteiger partial charge in [-0.2, -0.15) is 0 Å². The van der Waals surface area contributed by atoms with E-state index in [0.29, 0.717) is 6.54 Å². The lowest BCUT2D eigenvalue weighted by atomic mass is 10.1. The number of thiazole rings is 1. The van der Waals surface area contributed by atoms with Crippen LogP contribution < -0.4 is 5.73 Å². The fourth-order valence-electron chi connectivity index (χ4n) is 2.21. The topological polar surface area (TPSA) is 42.1 Å². The third-order valence-electron chi connectivity index (χ3n) is 3.09. The van der Waals surface area contributed by atoms with E-state index in [1.165, 1.54) is 15.3 Å². The summed E-state index contributed by atoms with van der Waals surface area (Å²) in [4.78, 5) is 9.33. The maximum atomic E-state index is 5.96. The van der Waals surface area contributed by atoms with Crippen molar-refractivity contribution in [3.63, 3.8) is 0 Å². The van der Waals surface area contributed by atoms with Gasteiger partial charge in [-0.25, -0.2) is 4.98 Å². The zero-order chi connectivity index (χ0) is 13.1. The highest BCUT2D eigenvalue weighted by Crippen LogP contribution is 2.29. The van der Waals surface area contributed by atoms with Crippen LogP contribution >= 0.6 is 22.7 Å². The quantitative estimate of drug-likeness (QED) is 0.916. The van der Waals surface area contributed by atoms with Gasteiger partial charge in [0, 0.05) is 34.3 Å². The highest BCUT2D eigenvalue weighted by Gasteiger charge is 2.19. The first kappa shape index (κ1) is 13.7. The fourth-order valence-corrected chi connectivity index (χ4v) is 3.74. The van der Waals surface area contributed by atoms with Crippen molar-refractivity contribution in [2.24, 2.45) is 5.73 Å². The molecule has 0 amide bonds. The van der Waals surface area contributed by atoms with Crippen molar-refractivity contribution in [3.05, 3.63) is 38.0 Å². The first-order valence-corrected chi connectivity index (χ1v) is 7.72. The number of aryl methyl sites for hydroxylation is 2. The Morgan fingerprint density at radius 3 is 2.72 bits per heavy atom. The zero-order valence-corrected chi connectivity index (χ0v) is 12.6. The van der Waals surface area contributed by atoms with E-state index in [4.69, 9.17) is 5.73 Å². The third-order valence-corrected chi connectivity index (χ3v) is 4.71. The van der Waals surface area contributed by atoms with Gasteiger partial charge in [0.05, 0.1) is 11.2 Å². The summed E-state index contributed by atoms with van der Waals surface area (Å²) in [5, 5.41) is 2.09. The molecule has 0 saturated carbocycles. The van der Waals surface area contributed by atoms with Crippen molar-refractivity contribution in [2.45, 2.75) is 26.4 Å². The normalized spacial score (nSPS) is 13.2. The van der Waals surface area contributed by atoms with Crippen molar-refractivity contribution in [1.29, 1.82) is 0 Å². The van der Waals surface area contributed by atoms with Gasteiger partial charge in [-0.05, 0) is 32.5 Å². The van der Waals surface area contributed by atoms with Gasteiger partial charge in [0.1, 0.15) is 0 Å². The van der Waals surface area contributed by atoms with Gasteiger partial charge < -0.3 is 5.73 Å². The molecule has 0 fully saturated rings. The van der Waals surface area contributed by atoms with Crippen molar-refractivity contribution >= 4 is 22.7 Å². The van der Waals surface area contributed by atoms with E-state index >= 15 is 0 Å². The summed E-state index contributed by atoms with van der Waals surface area (Å²) in [6.45, 7) is 5.80. The van der Waals surface area contributed by atoms with E-state index in [9.17, 15) is 0 Å². The Balaban J connectivity index is 2.15. The minimum atomic E-state index is 0.275. The van der Waals surface area contributed by atoms with Crippen molar-refractivity contribution < 1.29 is 0 Å². The van der Waals surface area contributed by atoms with Crippen LogP contribution in [0.4, 0.5) is 0 Å². The molecule has 0 aromatic carbocycles. The summed E-state index contributed by atoms with van der Waals surface area (Å²) in [6.07, 6.45) is 0. The smallest absolute Gasteiger partial charge is 0.0795 e. The van der Waals surface area contributed by atoms with Crippen LogP contribution in [0, 0.1) is 13.8 Å². The average molecular weight is 281 g/mol. The molecule has 1 atom stereocenters. The monoisotopic (exact) mass is 281 g/mol. The lowest BCUT2D eigenvalue weighted by molar-refractivity contribution is 0.239. The van der Waals surface area contributed by atoms with Crippen LogP contribution in [-0.4, -0.2) is 23.5 Å². The summed E-state index contributed by atoms with van der Waals surface area (Å²) in [7, 11) is 2.11. The first-order valence-electron chi connectivity index (χ1n) is 5.96. The SMILES string of the molecule is Cc1cc(C(CN)N(C)Cc2cscn2)c(C)s1. The van der Waals surface area contributed by atoms with Gasteiger partial charge in [-0.3, -0.25) is 4.90 Å². The van der Waals surface area contributed by atoms with E-state index in [2.05, 4.69) is 42.2 Å². The molecule has 0 bridgehead atoms. The summed E-state index contributed by atoms with van der Waals surface area (Å²) < 4.78 is 0. The van der Waals surface area contributed by atoms with Gasteiger partial charge >= 0.3 is 0 Å². The van der Waals surface area contributed by atoms with Crippen LogP contribution in [0.5, 0.6) is 0 Å². The molecule has 98 valence electrons. The molecular formula is C13H19N3S2. The number of hydrogen-bond donors (Lipinski definition) is 1. The molecular weight excluding hydrogens is 262 g/mol. The Morgan fingerprint density at radius 2 is 2.22 bits per heavy atom. The lowest BCUT2D eigenvalue weighted by Crippen LogP contribution is -2.30. The van der Waals surface area contributed by atoms with E-state index in [1.807, 2.05) is 16.8 Å². The molecule has 0 aliphatic heterocycles. The Hall–Kier alpha value is -0.750. The molecule has 18 heavy (non-hydrogen) atoms. The Kier molecular flexibility index (Phi) is 4.50. The predicted molar refractivity (Wildman–Crippen MR) is 79.2 cm³/mol. The largest absolute Gasteiger partial charge is 0.329 e. The van der Waals surface area contributed by atoms with Crippen molar-refractivity contribution in [3.8, 4) is 0 Å². The van der Waals surface area contributed by atoms with E-state index in [0.717, 1.165) is 12.2 Å². The third kappa shape index (κ3) is 2.98. The fraction of sp³-hybridized carbons (Fsp3) is 0.462. The number of nitrogens with zero attached hydrogens (tertiary/aromatic N) is 2. The maximum absolute atomic E-state index is 5.96. The van der Waals surface area contributed by atoms with Gasteiger partial charge in [0.2, 0.25) is 0 Å². The molecule has 3 nitrogen and oxygen atoms in total. The maximum Gasteiger partial charge on any atom is 0.0795 e. The first-order chi connectivity index (χ1) is 8.61. The van der Waals surface area contributed by atoms with Crippen LogP contribution in [0.3, 0.4) is 0 Å². The van der Waals surface area contributed by atoms with Gasteiger partial charge in [-0.1, -0.05) is 0 Å². The second kappa shape index (κ2) is 5.93. The van der Waals surface area contributed by atoms with E-state index < -0.39 is 0 Å². The minimum Gasteiger partial charge on any atom is -0.329 e. The van der Waals surface area contributed by atoms with Crippen LogP contribution in [0.15, 0.2) is 17.0 Å². The molecule has 2 aromatic heterocycles. The molecule has 5 heteroatoms. The molecule has 0 spiro atoms. The number of rotatable bonds is 5. The number of likely N-dealkylation sites (N-methyl/N-ethyl adjacent to an activating group) is 1. The van der Waals surface area contributed by atoms with Gasteiger partial charge in [0.15, 0.2) is 0 Å². The zero-order valence-electron chi connectivity index (χ0n) is 11.0. The Morgan fingerprint density at radius 1 is 1.44 bits per heavy atom. The summed E-state index contributed by atoms with van der Waals surface area (Å²) >= 11 is 3.48. The lowest BCUT2D eigenvalue weighted by Gasteiger charge is -2.26. The molecule has 2 heterocycles. The van der Waals surface area contributed by atoms with Crippen LogP contribution in [-0.2, 0) is 6.54 Å². The average Bonchev–Trinajstić information content (AvgIpc) is 2.91. The molecule has 2 aromatic rings. The molecule has 2 rings (SSSR count). The summed E-state index contributed by atoms with van der Waals surface area (Å²) in [5.74, 6) is 0. The van der Waals surface area contributed by atoms with E-state index in [-0.39, 0.29) is 6.04 Å². The summed E-state index contributed by atoms with van der Waals surface area (Å²) in [6, 6.07) is 2.53. The molecule has 1 unspecified atom stereocenters. The number of nitrogens with two attached hydrogens (primary N) is 1. The van der Waals surface area contributed by atoms with Crippen LogP contribution in [0.2, 0.25) is 0 Å². The van der Waals surface area contributed by atoms with Gasteiger partial charge in [0.25, 0.3) is 0 Å². The highest BCUT2D eigenvalue weighted by molar-refractivity contribution is 7.12. The molecule has 0 aliphatic rings.